The molecule has 1 rings (SSSR count). The predicted octanol–water partition coefficient (Wildman–Crippen LogP) is 2.43. The summed E-state index contributed by atoms with van der Waals surface area (Å²) in [6.07, 6.45) is 1.87. The van der Waals surface area contributed by atoms with Crippen LogP contribution in [0.15, 0.2) is 0 Å². The van der Waals surface area contributed by atoms with Crippen LogP contribution in [0.3, 0.4) is 0 Å². The van der Waals surface area contributed by atoms with Gasteiger partial charge in [0, 0.05) is 24.2 Å². The maximum Gasteiger partial charge on any atom is 0.336 e. The minimum Gasteiger partial charge on any atom is -0.458 e. The second kappa shape index (κ2) is 6.83. The van der Waals surface area contributed by atoms with E-state index in [0.717, 1.165) is 12.8 Å². The van der Waals surface area contributed by atoms with Gasteiger partial charge in [-0.05, 0) is 61.3 Å². The lowest BCUT2D eigenvalue weighted by molar-refractivity contribution is -0.428. The number of rotatable bonds is 5. The van der Waals surface area contributed by atoms with Gasteiger partial charge in [0.15, 0.2) is 6.61 Å². The minimum atomic E-state index is -0.518. The average Bonchev–Trinajstić information content (AvgIpc) is 2.21. The van der Waals surface area contributed by atoms with E-state index >= 15 is 0 Å². The zero-order chi connectivity index (χ0) is 17.2. The first-order valence-electron chi connectivity index (χ1n) is 7.83. The van der Waals surface area contributed by atoms with Crippen molar-refractivity contribution in [3.63, 3.8) is 0 Å². The summed E-state index contributed by atoms with van der Waals surface area (Å²) in [7, 11) is 1.83. The summed E-state index contributed by atoms with van der Waals surface area (Å²) in [6.45, 7) is 13.9. The van der Waals surface area contributed by atoms with E-state index in [4.69, 9.17) is 14.6 Å². The fourth-order valence-corrected chi connectivity index (χ4v) is 3.11. The van der Waals surface area contributed by atoms with Crippen molar-refractivity contribution in [3.05, 3.63) is 0 Å². The summed E-state index contributed by atoms with van der Waals surface area (Å²) in [5.41, 5.74) is -0.472. The monoisotopic (exact) mass is 316 g/mol. The molecule has 1 saturated heterocycles. The molecule has 1 aliphatic rings. The zero-order valence-corrected chi connectivity index (χ0v) is 15.3. The van der Waals surface area contributed by atoms with Crippen LogP contribution in [0.5, 0.6) is 0 Å². The Morgan fingerprint density at radius 1 is 1.18 bits per heavy atom. The van der Waals surface area contributed by atoms with Gasteiger partial charge in [0.1, 0.15) is 5.60 Å². The molecule has 0 amide bonds. The second-order valence-electron chi connectivity index (χ2n) is 8.42. The fourth-order valence-electron chi connectivity index (χ4n) is 3.11. The maximum absolute atomic E-state index is 11.6. The van der Waals surface area contributed by atoms with Gasteiger partial charge < -0.3 is 10.1 Å². The predicted molar refractivity (Wildman–Crippen MR) is 85.0 cm³/mol. The van der Waals surface area contributed by atoms with Crippen LogP contribution in [-0.4, -0.2) is 47.4 Å². The lowest BCUT2D eigenvalue weighted by Crippen LogP contribution is -2.61. The number of esters is 1. The first kappa shape index (κ1) is 19.4. The Balaban J connectivity index is 2.42. The van der Waals surface area contributed by atoms with Gasteiger partial charge >= 0.3 is 5.97 Å². The van der Waals surface area contributed by atoms with E-state index in [-0.39, 0.29) is 23.7 Å². The van der Waals surface area contributed by atoms with Crippen LogP contribution in [-0.2, 0) is 19.4 Å². The van der Waals surface area contributed by atoms with Crippen LogP contribution in [0.1, 0.15) is 61.3 Å². The molecular formula is C16H32N2O4. The Kier molecular flexibility index (Phi) is 6.01. The van der Waals surface area contributed by atoms with Crippen molar-refractivity contribution in [3.8, 4) is 0 Å². The van der Waals surface area contributed by atoms with Crippen molar-refractivity contribution in [2.24, 2.45) is 0 Å². The highest BCUT2D eigenvalue weighted by atomic mass is 17.3. The number of piperidine rings is 1. The quantitative estimate of drug-likeness (QED) is 0.477. The molecule has 6 heteroatoms. The topological polar surface area (TPSA) is 60.0 Å². The maximum atomic E-state index is 11.6. The molecule has 0 atom stereocenters. The number of nitrogens with zero attached hydrogens (tertiary/aromatic N) is 1. The third-order valence-electron chi connectivity index (χ3n) is 3.45. The summed E-state index contributed by atoms with van der Waals surface area (Å²) in [5, 5.41) is 5.31. The summed E-state index contributed by atoms with van der Waals surface area (Å²) in [6, 6.07) is 0.213. The van der Waals surface area contributed by atoms with Gasteiger partial charge in [-0.25, -0.2) is 9.68 Å². The molecule has 0 radical (unpaired) electrons. The minimum absolute atomic E-state index is 0.0230. The number of hydrogen-bond acceptors (Lipinski definition) is 6. The summed E-state index contributed by atoms with van der Waals surface area (Å²) in [4.78, 5) is 21.8. The molecule has 0 spiro atoms. The first-order chi connectivity index (χ1) is 9.80. The highest BCUT2D eigenvalue weighted by molar-refractivity contribution is 5.71. The van der Waals surface area contributed by atoms with Crippen LogP contribution in [0.4, 0.5) is 0 Å². The molecule has 0 aromatic heterocycles. The van der Waals surface area contributed by atoms with Crippen molar-refractivity contribution >= 4 is 5.97 Å². The first-order valence-corrected chi connectivity index (χ1v) is 7.83. The van der Waals surface area contributed by atoms with Crippen LogP contribution >= 0.6 is 0 Å². The van der Waals surface area contributed by atoms with E-state index in [1.54, 1.807) is 5.06 Å². The molecule has 22 heavy (non-hydrogen) atoms. The largest absolute Gasteiger partial charge is 0.458 e. The van der Waals surface area contributed by atoms with E-state index in [0.29, 0.717) is 0 Å². The van der Waals surface area contributed by atoms with E-state index in [2.05, 4.69) is 33.0 Å². The molecule has 0 unspecified atom stereocenters. The molecule has 0 aliphatic carbocycles. The van der Waals surface area contributed by atoms with Gasteiger partial charge in [0.05, 0.1) is 0 Å². The molecule has 0 saturated carbocycles. The van der Waals surface area contributed by atoms with Gasteiger partial charge in [0.25, 0.3) is 0 Å². The smallest absolute Gasteiger partial charge is 0.336 e. The number of carbonyl (C=O) groups excluding carboxylic acids is 1. The Hall–Kier alpha value is -0.690. The molecular weight excluding hydrogens is 284 g/mol. The molecule has 1 fully saturated rings. The zero-order valence-electron chi connectivity index (χ0n) is 15.3. The summed E-state index contributed by atoms with van der Waals surface area (Å²) < 4.78 is 5.16. The van der Waals surface area contributed by atoms with Crippen LogP contribution in [0, 0.1) is 0 Å². The average molecular weight is 316 g/mol. The molecule has 0 aromatic carbocycles. The van der Waals surface area contributed by atoms with Crippen molar-refractivity contribution in [2.45, 2.75) is 84.0 Å². The van der Waals surface area contributed by atoms with E-state index in [1.807, 2.05) is 27.8 Å². The molecule has 1 N–H and O–H groups in total. The van der Waals surface area contributed by atoms with Crippen LogP contribution < -0.4 is 5.32 Å². The fraction of sp³-hybridized carbons (Fsp3) is 0.938. The van der Waals surface area contributed by atoms with Crippen molar-refractivity contribution in [2.75, 3.05) is 13.7 Å². The number of carbonyl (C=O) groups is 1. The van der Waals surface area contributed by atoms with Gasteiger partial charge in [-0.1, -0.05) is 0 Å². The van der Waals surface area contributed by atoms with Crippen molar-refractivity contribution in [1.82, 2.24) is 10.4 Å². The number of ether oxygens (including phenoxy) is 1. The second-order valence-corrected chi connectivity index (χ2v) is 8.42. The highest BCUT2D eigenvalue weighted by Crippen LogP contribution is 2.31. The number of nitrogens with one attached hydrogen (secondary N) is 1. The molecule has 0 bridgehead atoms. The molecule has 0 aromatic rings. The van der Waals surface area contributed by atoms with Gasteiger partial charge in [0.2, 0.25) is 0 Å². The SMILES string of the molecule is CN(OOCC(=O)OC(C)(C)C)C1CC(C)(C)NC(C)(C)C1. The van der Waals surface area contributed by atoms with Gasteiger partial charge in [-0.2, -0.15) is 5.06 Å². The third-order valence-corrected chi connectivity index (χ3v) is 3.45. The molecule has 1 aliphatic heterocycles. The lowest BCUT2D eigenvalue weighted by atomic mass is 9.79. The summed E-state index contributed by atoms with van der Waals surface area (Å²) >= 11 is 0. The van der Waals surface area contributed by atoms with E-state index in [9.17, 15) is 4.79 Å². The Morgan fingerprint density at radius 3 is 2.14 bits per heavy atom. The van der Waals surface area contributed by atoms with Crippen LogP contribution in [0.25, 0.3) is 0 Å². The third kappa shape index (κ3) is 7.05. The Bertz CT molecular complexity index is 372. The van der Waals surface area contributed by atoms with Crippen molar-refractivity contribution in [1.29, 1.82) is 0 Å². The van der Waals surface area contributed by atoms with Crippen molar-refractivity contribution < 1.29 is 19.4 Å². The number of hydrogen-bond donors (Lipinski definition) is 1. The van der Waals surface area contributed by atoms with Gasteiger partial charge in [-0.3, -0.25) is 0 Å². The normalized spacial score (nSPS) is 21.9. The summed E-state index contributed by atoms with van der Waals surface area (Å²) in [5.74, 6) is -0.438. The molecule has 6 nitrogen and oxygen atoms in total. The van der Waals surface area contributed by atoms with Crippen LogP contribution in [0.2, 0.25) is 0 Å². The highest BCUT2D eigenvalue weighted by Gasteiger charge is 2.39. The Labute approximate surface area is 134 Å². The molecule has 130 valence electrons. The lowest BCUT2D eigenvalue weighted by Gasteiger charge is -2.48. The van der Waals surface area contributed by atoms with Gasteiger partial charge in [-0.15, -0.1) is 4.99 Å². The molecule has 1 heterocycles. The standard InChI is InChI=1S/C16H32N2O4/c1-14(2,3)21-13(19)11-20-22-18(8)12-9-15(4,5)17-16(6,7)10-12/h12,17H,9-11H2,1-8H3. The Morgan fingerprint density at radius 2 is 1.68 bits per heavy atom. The van der Waals surface area contributed by atoms with E-state index < -0.39 is 11.6 Å². The number of hydroxylamine groups is 2. The van der Waals surface area contributed by atoms with E-state index in [1.165, 1.54) is 0 Å².